The fourth-order valence-electron chi connectivity index (χ4n) is 2.34. The number of hydrogen-bond acceptors (Lipinski definition) is 6. The molecule has 1 aliphatic heterocycles. The molecule has 0 aliphatic carbocycles. The van der Waals surface area contributed by atoms with Gasteiger partial charge in [0.15, 0.2) is 8.32 Å². The van der Waals surface area contributed by atoms with Crippen molar-refractivity contribution in [3.63, 3.8) is 0 Å². The highest BCUT2D eigenvalue weighted by atomic mass is 28.4. The first-order chi connectivity index (χ1) is 11.7. The Morgan fingerprint density at radius 3 is 2.84 bits per heavy atom. The lowest BCUT2D eigenvalue weighted by Crippen LogP contribution is -2.40. The van der Waals surface area contributed by atoms with Crippen LogP contribution >= 0.6 is 0 Å². The summed E-state index contributed by atoms with van der Waals surface area (Å²) in [5.41, 5.74) is 0.855. The van der Waals surface area contributed by atoms with Crippen LogP contribution in [0.4, 0.5) is 0 Å². The largest absolute Gasteiger partial charge is 0.461 e. The molecule has 25 heavy (non-hydrogen) atoms. The van der Waals surface area contributed by atoms with Gasteiger partial charge in [0.1, 0.15) is 12.7 Å². The smallest absolute Gasteiger partial charge is 0.316 e. The number of ether oxygens (including phenoxy) is 2. The molecule has 1 aliphatic rings. The normalized spacial score (nSPS) is 20.3. The van der Waals surface area contributed by atoms with Crippen LogP contribution in [0.25, 0.3) is 0 Å². The van der Waals surface area contributed by atoms with Crippen molar-refractivity contribution >= 4 is 8.32 Å². The molecule has 2 rings (SSSR count). The standard InChI is InChI=1S/C18H33N3O3Si/c1-18(2,3)25(5,6)24-13-15-8-9-19-17(20-15)23-14-16-12-21(4)10-7-11-22-16/h8-9,16H,7,10-14H2,1-6H3/t16-/m0/s1. The molecule has 0 amide bonds. The molecule has 0 unspecified atom stereocenters. The van der Waals surface area contributed by atoms with Crippen LogP contribution in [0.1, 0.15) is 32.9 Å². The van der Waals surface area contributed by atoms with Crippen molar-refractivity contribution in [3.8, 4) is 6.01 Å². The minimum absolute atomic E-state index is 0.0586. The average Bonchev–Trinajstić information content (AvgIpc) is 2.74. The molecule has 142 valence electrons. The van der Waals surface area contributed by atoms with Crippen molar-refractivity contribution in [2.75, 3.05) is 33.4 Å². The Labute approximate surface area is 153 Å². The van der Waals surface area contributed by atoms with E-state index in [4.69, 9.17) is 13.9 Å². The van der Waals surface area contributed by atoms with Gasteiger partial charge < -0.3 is 18.8 Å². The number of aromatic nitrogens is 2. The van der Waals surface area contributed by atoms with E-state index in [0.29, 0.717) is 19.2 Å². The van der Waals surface area contributed by atoms with Gasteiger partial charge in [-0.25, -0.2) is 4.98 Å². The number of hydrogen-bond donors (Lipinski definition) is 0. The zero-order chi connectivity index (χ0) is 18.5. The number of likely N-dealkylation sites (N-methyl/N-ethyl adjacent to an activating group) is 1. The van der Waals surface area contributed by atoms with Gasteiger partial charge in [-0.1, -0.05) is 20.8 Å². The Morgan fingerprint density at radius 2 is 2.12 bits per heavy atom. The molecule has 0 aromatic carbocycles. The second-order valence-electron chi connectivity index (χ2n) is 8.30. The van der Waals surface area contributed by atoms with Crippen LogP contribution in [0.15, 0.2) is 12.3 Å². The molecule has 2 heterocycles. The number of rotatable bonds is 6. The first-order valence-electron chi connectivity index (χ1n) is 9.06. The van der Waals surface area contributed by atoms with Crippen molar-refractivity contribution in [1.29, 1.82) is 0 Å². The fraction of sp³-hybridized carbons (Fsp3) is 0.778. The molecule has 1 fully saturated rings. The minimum atomic E-state index is -1.79. The van der Waals surface area contributed by atoms with E-state index in [2.05, 4.69) is 55.8 Å². The third-order valence-corrected chi connectivity index (χ3v) is 9.51. The lowest BCUT2D eigenvalue weighted by atomic mass is 10.2. The molecule has 1 saturated heterocycles. The summed E-state index contributed by atoms with van der Waals surface area (Å²) in [5, 5.41) is 0.183. The topological polar surface area (TPSA) is 56.7 Å². The van der Waals surface area contributed by atoms with Gasteiger partial charge >= 0.3 is 6.01 Å². The summed E-state index contributed by atoms with van der Waals surface area (Å²) in [6.45, 7) is 14.9. The molecule has 7 heteroatoms. The van der Waals surface area contributed by atoms with E-state index in [1.54, 1.807) is 6.20 Å². The Hall–Kier alpha value is -1.02. The monoisotopic (exact) mass is 367 g/mol. The van der Waals surface area contributed by atoms with E-state index in [1.165, 1.54) is 0 Å². The molecule has 0 radical (unpaired) electrons. The van der Waals surface area contributed by atoms with Gasteiger partial charge in [0, 0.05) is 25.9 Å². The number of nitrogens with zero attached hydrogens (tertiary/aromatic N) is 3. The van der Waals surface area contributed by atoms with Crippen molar-refractivity contribution in [1.82, 2.24) is 14.9 Å². The van der Waals surface area contributed by atoms with Crippen LogP contribution < -0.4 is 4.74 Å². The van der Waals surface area contributed by atoms with Crippen LogP contribution in [-0.2, 0) is 15.8 Å². The molecule has 1 aromatic heterocycles. The zero-order valence-corrected chi connectivity index (χ0v) is 17.5. The first-order valence-corrected chi connectivity index (χ1v) is 12.0. The quantitative estimate of drug-likeness (QED) is 0.720. The summed E-state index contributed by atoms with van der Waals surface area (Å²) in [6, 6.07) is 2.28. The summed E-state index contributed by atoms with van der Waals surface area (Å²) in [7, 11) is 0.318. The maximum Gasteiger partial charge on any atom is 0.316 e. The van der Waals surface area contributed by atoms with E-state index in [9.17, 15) is 0 Å². The maximum atomic E-state index is 6.22. The van der Waals surface area contributed by atoms with Gasteiger partial charge in [-0.2, -0.15) is 4.98 Å². The van der Waals surface area contributed by atoms with Gasteiger partial charge in [-0.15, -0.1) is 0 Å². The van der Waals surface area contributed by atoms with Crippen LogP contribution in [0.2, 0.25) is 18.1 Å². The predicted octanol–water partition coefficient (Wildman–Crippen LogP) is 3.10. The first kappa shape index (κ1) is 20.3. The third-order valence-electron chi connectivity index (χ3n) is 5.03. The van der Waals surface area contributed by atoms with Crippen LogP contribution in [0.5, 0.6) is 6.01 Å². The third kappa shape index (κ3) is 6.33. The van der Waals surface area contributed by atoms with E-state index in [-0.39, 0.29) is 11.1 Å². The second kappa shape index (κ2) is 8.57. The summed E-state index contributed by atoms with van der Waals surface area (Å²) in [6.07, 6.45) is 2.85. The fourth-order valence-corrected chi connectivity index (χ4v) is 3.28. The molecule has 0 saturated carbocycles. The van der Waals surface area contributed by atoms with Crippen molar-refractivity contribution in [2.24, 2.45) is 0 Å². The Morgan fingerprint density at radius 1 is 1.36 bits per heavy atom. The lowest BCUT2D eigenvalue weighted by molar-refractivity contribution is 0.0208. The second-order valence-corrected chi connectivity index (χ2v) is 13.1. The molecule has 6 nitrogen and oxygen atoms in total. The van der Waals surface area contributed by atoms with Crippen molar-refractivity contribution < 1.29 is 13.9 Å². The van der Waals surface area contributed by atoms with Crippen molar-refractivity contribution in [3.05, 3.63) is 18.0 Å². The molecule has 0 N–H and O–H groups in total. The van der Waals surface area contributed by atoms with E-state index < -0.39 is 8.32 Å². The summed E-state index contributed by atoms with van der Waals surface area (Å²) >= 11 is 0. The van der Waals surface area contributed by atoms with Crippen LogP contribution in [0.3, 0.4) is 0 Å². The molecular formula is C18H33N3O3Si. The Bertz CT molecular complexity index is 549. The van der Waals surface area contributed by atoms with Gasteiger partial charge in [0.05, 0.1) is 12.3 Å². The van der Waals surface area contributed by atoms with Crippen LogP contribution in [-0.4, -0.2) is 62.6 Å². The maximum absolute atomic E-state index is 6.22. The highest BCUT2D eigenvalue weighted by molar-refractivity contribution is 6.74. The molecule has 1 atom stereocenters. The lowest BCUT2D eigenvalue weighted by Gasteiger charge is -2.36. The van der Waals surface area contributed by atoms with Gasteiger partial charge in [0.25, 0.3) is 0 Å². The SMILES string of the molecule is CN1CCCO[C@H](COc2nccc(CO[Si](C)(C)C(C)(C)C)n2)C1. The highest BCUT2D eigenvalue weighted by Crippen LogP contribution is 2.36. The van der Waals surface area contributed by atoms with Crippen LogP contribution in [0, 0.1) is 0 Å². The summed E-state index contributed by atoms with van der Waals surface area (Å²) in [4.78, 5) is 11.0. The average molecular weight is 368 g/mol. The Kier molecular flexibility index (Phi) is 6.96. The minimum Gasteiger partial charge on any atom is -0.461 e. The molecule has 0 spiro atoms. The van der Waals surface area contributed by atoms with E-state index in [1.807, 2.05) is 6.07 Å². The molecule has 1 aromatic rings. The Balaban J connectivity index is 1.88. The molecule has 0 bridgehead atoms. The van der Waals surface area contributed by atoms with Gasteiger partial charge in [-0.05, 0) is 37.7 Å². The van der Waals surface area contributed by atoms with E-state index >= 15 is 0 Å². The van der Waals surface area contributed by atoms with Gasteiger partial charge in [-0.3, -0.25) is 0 Å². The highest BCUT2D eigenvalue weighted by Gasteiger charge is 2.37. The summed E-state index contributed by atoms with van der Waals surface area (Å²) in [5.74, 6) is 0. The predicted molar refractivity (Wildman–Crippen MR) is 101 cm³/mol. The van der Waals surface area contributed by atoms with Gasteiger partial charge in [0.2, 0.25) is 0 Å². The zero-order valence-electron chi connectivity index (χ0n) is 16.5. The molecular weight excluding hydrogens is 334 g/mol. The summed E-state index contributed by atoms with van der Waals surface area (Å²) < 4.78 is 17.8. The van der Waals surface area contributed by atoms with E-state index in [0.717, 1.165) is 31.8 Å². The van der Waals surface area contributed by atoms with Crippen molar-refractivity contribution in [2.45, 2.75) is 58.0 Å².